The number of rotatable bonds is 8. The standard InChI is InChI=1S/C27H31N3O4S/c1-21-7-6-10-26(22(21)2)29-15-17-30(18-16-29)27(31)20-34-24-11-13-25(14-12-24)35(32,33)28-19-23-8-4-3-5-9-23/h3-14,28H,15-20H2,1-2H3. The van der Waals surface area contributed by atoms with Crippen molar-refractivity contribution < 1.29 is 17.9 Å². The average molecular weight is 494 g/mol. The molecular formula is C27H31N3O4S. The van der Waals surface area contributed by atoms with Crippen LogP contribution in [0.2, 0.25) is 0 Å². The number of ether oxygens (including phenoxy) is 1. The number of aryl methyl sites for hydroxylation is 1. The number of sulfonamides is 1. The lowest BCUT2D eigenvalue weighted by Gasteiger charge is -2.37. The Morgan fingerprint density at radius 3 is 2.26 bits per heavy atom. The molecule has 0 aromatic heterocycles. The van der Waals surface area contributed by atoms with Crippen molar-refractivity contribution in [3.8, 4) is 5.75 Å². The van der Waals surface area contributed by atoms with Crippen LogP contribution in [-0.2, 0) is 21.4 Å². The molecule has 0 bridgehead atoms. The first kappa shape index (κ1) is 24.8. The fourth-order valence-corrected chi connectivity index (χ4v) is 5.10. The summed E-state index contributed by atoms with van der Waals surface area (Å²) in [6.45, 7) is 7.20. The van der Waals surface area contributed by atoms with E-state index in [2.05, 4.69) is 41.7 Å². The molecule has 0 radical (unpaired) electrons. The summed E-state index contributed by atoms with van der Waals surface area (Å²) in [4.78, 5) is 16.9. The molecule has 1 aliphatic heterocycles. The van der Waals surface area contributed by atoms with E-state index in [0.29, 0.717) is 18.8 Å². The van der Waals surface area contributed by atoms with Gasteiger partial charge in [-0.3, -0.25) is 4.79 Å². The van der Waals surface area contributed by atoms with Gasteiger partial charge in [0.2, 0.25) is 10.0 Å². The quantitative estimate of drug-likeness (QED) is 0.520. The van der Waals surface area contributed by atoms with Gasteiger partial charge in [0.15, 0.2) is 6.61 Å². The lowest BCUT2D eigenvalue weighted by Crippen LogP contribution is -2.50. The zero-order valence-electron chi connectivity index (χ0n) is 20.1. The summed E-state index contributed by atoms with van der Waals surface area (Å²) in [5, 5.41) is 0. The molecule has 3 aromatic carbocycles. The molecule has 3 aromatic rings. The number of hydrogen-bond donors (Lipinski definition) is 1. The van der Waals surface area contributed by atoms with E-state index in [1.165, 1.54) is 28.9 Å². The maximum absolute atomic E-state index is 12.7. The van der Waals surface area contributed by atoms with Crippen LogP contribution in [0.1, 0.15) is 16.7 Å². The van der Waals surface area contributed by atoms with E-state index in [0.717, 1.165) is 18.7 Å². The highest BCUT2D eigenvalue weighted by atomic mass is 32.2. The van der Waals surface area contributed by atoms with Crippen molar-refractivity contribution in [1.29, 1.82) is 0 Å². The van der Waals surface area contributed by atoms with Crippen LogP contribution in [-0.4, -0.2) is 52.0 Å². The van der Waals surface area contributed by atoms with Crippen molar-refractivity contribution in [2.45, 2.75) is 25.3 Å². The van der Waals surface area contributed by atoms with E-state index >= 15 is 0 Å². The first-order chi connectivity index (χ1) is 16.8. The minimum Gasteiger partial charge on any atom is -0.484 e. The summed E-state index contributed by atoms with van der Waals surface area (Å²) < 4.78 is 33.3. The SMILES string of the molecule is Cc1cccc(N2CCN(C(=O)COc3ccc(S(=O)(=O)NCc4ccccc4)cc3)CC2)c1C. The second-order valence-corrected chi connectivity index (χ2v) is 10.4. The fourth-order valence-electron chi connectivity index (χ4n) is 4.08. The van der Waals surface area contributed by atoms with Crippen molar-refractivity contribution in [2.75, 3.05) is 37.7 Å². The monoisotopic (exact) mass is 493 g/mol. The molecule has 1 heterocycles. The summed E-state index contributed by atoms with van der Waals surface area (Å²) in [5.74, 6) is 0.376. The van der Waals surface area contributed by atoms with Gasteiger partial charge in [0.1, 0.15) is 5.75 Å². The number of carbonyl (C=O) groups is 1. The molecule has 8 heteroatoms. The van der Waals surface area contributed by atoms with Gasteiger partial charge in [0.05, 0.1) is 4.90 Å². The summed E-state index contributed by atoms with van der Waals surface area (Å²) in [5.41, 5.74) is 4.64. The smallest absolute Gasteiger partial charge is 0.260 e. The van der Waals surface area contributed by atoms with Gasteiger partial charge in [-0.2, -0.15) is 0 Å². The van der Waals surface area contributed by atoms with Gasteiger partial charge in [0, 0.05) is 38.4 Å². The van der Waals surface area contributed by atoms with Crippen LogP contribution in [0.3, 0.4) is 0 Å². The van der Waals surface area contributed by atoms with Gasteiger partial charge in [-0.1, -0.05) is 42.5 Å². The Bertz CT molecular complexity index is 1250. The summed E-state index contributed by atoms with van der Waals surface area (Å²) >= 11 is 0. The van der Waals surface area contributed by atoms with Gasteiger partial charge in [-0.25, -0.2) is 13.1 Å². The first-order valence-electron chi connectivity index (χ1n) is 11.7. The van der Waals surface area contributed by atoms with Crippen molar-refractivity contribution in [3.05, 3.63) is 89.5 Å². The number of nitrogens with zero attached hydrogens (tertiary/aromatic N) is 2. The van der Waals surface area contributed by atoms with E-state index in [4.69, 9.17) is 4.74 Å². The normalized spacial score (nSPS) is 14.1. The van der Waals surface area contributed by atoms with Gasteiger partial charge in [0.25, 0.3) is 5.91 Å². The minimum absolute atomic E-state index is 0.0770. The highest BCUT2D eigenvalue weighted by molar-refractivity contribution is 7.89. The van der Waals surface area contributed by atoms with Crippen LogP contribution >= 0.6 is 0 Å². The Morgan fingerprint density at radius 1 is 0.886 bits per heavy atom. The summed E-state index contributed by atoms with van der Waals surface area (Å²) in [6.07, 6.45) is 0. The Labute approximate surface area is 207 Å². The molecule has 0 spiro atoms. The average Bonchev–Trinajstić information content (AvgIpc) is 2.89. The molecule has 1 aliphatic rings. The summed E-state index contributed by atoms with van der Waals surface area (Å²) in [7, 11) is -3.64. The van der Waals surface area contributed by atoms with E-state index in [1.807, 2.05) is 35.2 Å². The third-order valence-corrected chi connectivity index (χ3v) is 7.77. The molecule has 184 valence electrons. The number of nitrogens with one attached hydrogen (secondary N) is 1. The molecule has 35 heavy (non-hydrogen) atoms. The number of anilines is 1. The topological polar surface area (TPSA) is 79.0 Å². The predicted octanol–water partition coefficient (Wildman–Crippen LogP) is 3.51. The first-order valence-corrected chi connectivity index (χ1v) is 13.2. The molecule has 1 fully saturated rings. The molecule has 0 aliphatic carbocycles. The molecule has 0 unspecified atom stereocenters. The predicted molar refractivity (Wildman–Crippen MR) is 137 cm³/mol. The molecular weight excluding hydrogens is 462 g/mol. The van der Waals surface area contributed by atoms with Crippen LogP contribution in [0.25, 0.3) is 0 Å². The molecule has 0 saturated carbocycles. The van der Waals surface area contributed by atoms with Crippen molar-refractivity contribution in [2.24, 2.45) is 0 Å². The molecule has 1 N–H and O–H groups in total. The molecule has 4 rings (SSSR count). The number of piperazine rings is 1. The molecule has 7 nitrogen and oxygen atoms in total. The number of carbonyl (C=O) groups excluding carboxylic acids is 1. The van der Waals surface area contributed by atoms with E-state index < -0.39 is 10.0 Å². The minimum atomic E-state index is -3.64. The lowest BCUT2D eigenvalue weighted by molar-refractivity contribution is -0.133. The van der Waals surface area contributed by atoms with Gasteiger partial charge < -0.3 is 14.5 Å². The third kappa shape index (κ3) is 6.21. The zero-order chi connectivity index (χ0) is 24.8. The largest absolute Gasteiger partial charge is 0.484 e. The van der Waals surface area contributed by atoms with Crippen molar-refractivity contribution >= 4 is 21.6 Å². The Hall–Kier alpha value is -3.36. The third-order valence-electron chi connectivity index (χ3n) is 6.35. The fraction of sp³-hybridized carbons (Fsp3) is 0.296. The maximum Gasteiger partial charge on any atom is 0.260 e. The van der Waals surface area contributed by atoms with Crippen molar-refractivity contribution in [1.82, 2.24) is 9.62 Å². The van der Waals surface area contributed by atoms with Gasteiger partial charge >= 0.3 is 0 Å². The molecule has 1 saturated heterocycles. The van der Waals surface area contributed by atoms with Gasteiger partial charge in [-0.05, 0) is 60.9 Å². The Kier molecular flexibility index (Phi) is 7.73. The molecule has 1 amide bonds. The Balaban J connectivity index is 1.26. The van der Waals surface area contributed by atoms with Crippen LogP contribution in [0.15, 0.2) is 77.7 Å². The van der Waals surface area contributed by atoms with E-state index in [1.54, 1.807) is 12.1 Å². The Morgan fingerprint density at radius 2 is 1.57 bits per heavy atom. The number of hydrogen-bond acceptors (Lipinski definition) is 5. The molecule has 0 atom stereocenters. The van der Waals surface area contributed by atoms with Crippen molar-refractivity contribution in [3.63, 3.8) is 0 Å². The second-order valence-electron chi connectivity index (χ2n) is 8.66. The maximum atomic E-state index is 12.7. The van der Waals surface area contributed by atoms with Crippen LogP contribution in [0.4, 0.5) is 5.69 Å². The second kappa shape index (κ2) is 10.9. The van der Waals surface area contributed by atoms with Gasteiger partial charge in [-0.15, -0.1) is 0 Å². The summed E-state index contributed by atoms with van der Waals surface area (Å²) in [6, 6.07) is 21.7. The van der Waals surface area contributed by atoms with Crippen LogP contribution in [0.5, 0.6) is 5.75 Å². The number of amides is 1. The highest BCUT2D eigenvalue weighted by Gasteiger charge is 2.23. The van der Waals surface area contributed by atoms with E-state index in [-0.39, 0.29) is 24.0 Å². The van der Waals surface area contributed by atoms with E-state index in [9.17, 15) is 13.2 Å². The number of benzene rings is 3. The van der Waals surface area contributed by atoms with Crippen LogP contribution in [0, 0.1) is 13.8 Å². The lowest BCUT2D eigenvalue weighted by atomic mass is 10.1. The highest BCUT2D eigenvalue weighted by Crippen LogP contribution is 2.24. The zero-order valence-corrected chi connectivity index (χ0v) is 20.9. The van der Waals surface area contributed by atoms with Crippen LogP contribution < -0.4 is 14.4 Å².